The Morgan fingerprint density at radius 1 is 1.08 bits per heavy atom. The highest BCUT2D eigenvalue weighted by atomic mass is 35.5. The number of ether oxygens (including phenoxy) is 1. The number of pyridine rings is 1. The first-order chi connectivity index (χ1) is 12.7. The van der Waals surface area contributed by atoms with Crippen LogP contribution in [0.4, 0.5) is 5.69 Å². The molecule has 2 fully saturated rings. The standard InChI is InChI=1S/C19H23ClN4O2/c20-15-1-2-16-17(13-15)21-4-3-18(16)23-5-7-24(8-6-23)19(25)14-22-9-11-26-12-10-22/h1-4,13H,5-12,14H2. The molecule has 0 saturated carbocycles. The Kier molecular flexibility index (Phi) is 5.24. The lowest BCUT2D eigenvalue weighted by Gasteiger charge is -2.37. The zero-order valence-corrected chi connectivity index (χ0v) is 15.5. The summed E-state index contributed by atoms with van der Waals surface area (Å²) in [6.07, 6.45) is 1.82. The van der Waals surface area contributed by atoms with Crippen LogP contribution in [0.1, 0.15) is 0 Å². The summed E-state index contributed by atoms with van der Waals surface area (Å²) in [5, 5.41) is 1.80. The van der Waals surface area contributed by atoms with Crippen LogP contribution in [0.15, 0.2) is 30.5 Å². The van der Waals surface area contributed by atoms with E-state index in [1.807, 2.05) is 35.4 Å². The third kappa shape index (κ3) is 3.77. The maximum Gasteiger partial charge on any atom is 0.236 e. The number of amides is 1. The van der Waals surface area contributed by atoms with Gasteiger partial charge in [-0.2, -0.15) is 0 Å². The molecule has 1 aromatic carbocycles. The van der Waals surface area contributed by atoms with Crippen molar-refractivity contribution in [2.75, 3.05) is 63.9 Å². The molecule has 0 atom stereocenters. The summed E-state index contributed by atoms with van der Waals surface area (Å²) >= 11 is 6.08. The molecule has 0 bridgehead atoms. The molecule has 7 heteroatoms. The second-order valence-corrected chi connectivity index (χ2v) is 7.18. The van der Waals surface area contributed by atoms with Crippen LogP contribution in [0.5, 0.6) is 0 Å². The van der Waals surface area contributed by atoms with E-state index in [1.165, 1.54) is 0 Å². The second-order valence-electron chi connectivity index (χ2n) is 6.75. The van der Waals surface area contributed by atoms with Gasteiger partial charge >= 0.3 is 0 Å². The zero-order chi connectivity index (χ0) is 17.9. The highest BCUT2D eigenvalue weighted by molar-refractivity contribution is 6.31. The zero-order valence-electron chi connectivity index (χ0n) is 14.7. The van der Waals surface area contributed by atoms with Crippen LogP contribution >= 0.6 is 11.6 Å². The number of piperazine rings is 1. The molecule has 4 rings (SSSR count). The number of carbonyl (C=O) groups is 1. The topological polar surface area (TPSA) is 48.9 Å². The van der Waals surface area contributed by atoms with Crippen LogP contribution in [0.25, 0.3) is 10.9 Å². The van der Waals surface area contributed by atoms with Gasteiger partial charge < -0.3 is 14.5 Å². The number of anilines is 1. The summed E-state index contributed by atoms with van der Waals surface area (Å²) in [6, 6.07) is 7.86. The van der Waals surface area contributed by atoms with Crippen LogP contribution in [0.3, 0.4) is 0 Å². The van der Waals surface area contributed by atoms with Crippen molar-refractivity contribution in [1.29, 1.82) is 0 Å². The molecule has 26 heavy (non-hydrogen) atoms. The van der Waals surface area contributed by atoms with Crippen molar-refractivity contribution in [2.24, 2.45) is 0 Å². The molecule has 2 aliphatic rings. The molecule has 138 valence electrons. The molecular weight excluding hydrogens is 352 g/mol. The summed E-state index contributed by atoms with van der Waals surface area (Å²) in [6.45, 7) is 6.79. The van der Waals surface area contributed by atoms with Crippen LogP contribution in [-0.2, 0) is 9.53 Å². The van der Waals surface area contributed by atoms with Gasteiger partial charge in [0, 0.05) is 61.6 Å². The summed E-state index contributed by atoms with van der Waals surface area (Å²) < 4.78 is 5.35. The number of nitrogens with zero attached hydrogens (tertiary/aromatic N) is 4. The molecule has 0 aliphatic carbocycles. The van der Waals surface area contributed by atoms with E-state index in [-0.39, 0.29) is 5.91 Å². The van der Waals surface area contributed by atoms with E-state index in [1.54, 1.807) is 0 Å². The summed E-state index contributed by atoms with van der Waals surface area (Å²) in [4.78, 5) is 23.5. The van der Waals surface area contributed by atoms with Gasteiger partial charge in [-0.25, -0.2) is 0 Å². The fourth-order valence-electron chi connectivity index (χ4n) is 3.63. The van der Waals surface area contributed by atoms with E-state index in [4.69, 9.17) is 16.3 Å². The van der Waals surface area contributed by atoms with Gasteiger partial charge in [-0.3, -0.25) is 14.7 Å². The van der Waals surface area contributed by atoms with E-state index in [9.17, 15) is 4.79 Å². The minimum Gasteiger partial charge on any atom is -0.379 e. The highest BCUT2D eigenvalue weighted by Gasteiger charge is 2.24. The number of fused-ring (bicyclic) bond motifs is 1. The van der Waals surface area contributed by atoms with Crippen LogP contribution in [0, 0.1) is 0 Å². The van der Waals surface area contributed by atoms with Crippen molar-refractivity contribution in [1.82, 2.24) is 14.8 Å². The van der Waals surface area contributed by atoms with E-state index in [0.29, 0.717) is 11.6 Å². The van der Waals surface area contributed by atoms with Gasteiger partial charge in [0.15, 0.2) is 0 Å². The van der Waals surface area contributed by atoms with Gasteiger partial charge in [-0.05, 0) is 24.3 Å². The fourth-order valence-corrected chi connectivity index (χ4v) is 3.80. The van der Waals surface area contributed by atoms with Crippen molar-refractivity contribution in [2.45, 2.75) is 0 Å². The molecular formula is C19H23ClN4O2. The van der Waals surface area contributed by atoms with Gasteiger partial charge in [0.1, 0.15) is 0 Å². The molecule has 1 amide bonds. The number of hydrogen-bond acceptors (Lipinski definition) is 5. The predicted molar refractivity (Wildman–Crippen MR) is 103 cm³/mol. The minimum absolute atomic E-state index is 0.220. The quantitative estimate of drug-likeness (QED) is 0.820. The van der Waals surface area contributed by atoms with Gasteiger partial charge in [0.05, 0.1) is 25.3 Å². The molecule has 6 nitrogen and oxygen atoms in total. The maximum absolute atomic E-state index is 12.6. The van der Waals surface area contributed by atoms with Crippen LogP contribution < -0.4 is 4.90 Å². The Morgan fingerprint density at radius 2 is 1.85 bits per heavy atom. The SMILES string of the molecule is O=C(CN1CCOCC1)N1CCN(c2ccnc3cc(Cl)ccc23)CC1. The van der Waals surface area contributed by atoms with Crippen LogP contribution in [-0.4, -0.2) is 79.7 Å². The van der Waals surface area contributed by atoms with Crippen molar-refractivity contribution in [3.05, 3.63) is 35.5 Å². The lowest BCUT2D eigenvalue weighted by atomic mass is 10.1. The highest BCUT2D eigenvalue weighted by Crippen LogP contribution is 2.28. The smallest absolute Gasteiger partial charge is 0.236 e. The monoisotopic (exact) mass is 374 g/mol. The maximum atomic E-state index is 12.6. The molecule has 0 unspecified atom stereocenters. The second kappa shape index (κ2) is 7.78. The average molecular weight is 375 g/mol. The number of hydrogen-bond donors (Lipinski definition) is 0. The average Bonchev–Trinajstić information content (AvgIpc) is 2.68. The largest absolute Gasteiger partial charge is 0.379 e. The molecule has 2 aromatic rings. The molecule has 3 heterocycles. The normalized spacial score (nSPS) is 19.1. The van der Waals surface area contributed by atoms with Gasteiger partial charge in [-0.1, -0.05) is 11.6 Å². The van der Waals surface area contributed by atoms with Gasteiger partial charge in [-0.15, -0.1) is 0 Å². The predicted octanol–water partition coefficient (Wildman–Crippen LogP) is 1.87. The fraction of sp³-hybridized carbons (Fsp3) is 0.474. The molecule has 0 N–H and O–H groups in total. The van der Waals surface area contributed by atoms with Gasteiger partial charge in [0.25, 0.3) is 0 Å². The van der Waals surface area contributed by atoms with Gasteiger partial charge in [0.2, 0.25) is 5.91 Å². The van der Waals surface area contributed by atoms with E-state index in [0.717, 1.165) is 69.1 Å². The Balaban J connectivity index is 1.40. The number of aromatic nitrogens is 1. The first kappa shape index (κ1) is 17.5. The lowest BCUT2D eigenvalue weighted by Crippen LogP contribution is -2.52. The van der Waals surface area contributed by atoms with E-state index in [2.05, 4.69) is 14.8 Å². The Hall–Kier alpha value is -1.89. The van der Waals surface area contributed by atoms with Crippen molar-refractivity contribution < 1.29 is 9.53 Å². The van der Waals surface area contributed by atoms with Crippen molar-refractivity contribution in [3.63, 3.8) is 0 Å². The Morgan fingerprint density at radius 3 is 2.62 bits per heavy atom. The third-order valence-electron chi connectivity index (χ3n) is 5.12. The summed E-state index contributed by atoms with van der Waals surface area (Å²) in [5.41, 5.74) is 2.06. The first-order valence-corrected chi connectivity index (χ1v) is 9.45. The van der Waals surface area contributed by atoms with Crippen molar-refractivity contribution in [3.8, 4) is 0 Å². The molecule has 2 saturated heterocycles. The number of rotatable bonds is 3. The molecule has 2 aliphatic heterocycles. The number of morpholine rings is 1. The third-order valence-corrected chi connectivity index (χ3v) is 5.35. The number of benzene rings is 1. The van der Waals surface area contributed by atoms with Crippen molar-refractivity contribution >= 4 is 34.1 Å². The number of carbonyl (C=O) groups excluding carboxylic acids is 1. The molecule has 0 spiro atoms. The Bertz CT molecular complexity index is 786. The van der Waals surface area contributed by atoms with E-state index >= 15 is 0 Å². The Labute approximate surface area is 158 Å². The first-order valence-electron chi connectivity index (χ1n) is 9.08. The van der Waals surface area contributed by atoms with Crippen LogP contribution in [0.2, 0.25) is 5.02 Å². The summed E-state index contributed by atoms with van der Waals surface area (Å²) in [7, 11) is 0. The lowest BCUT2D eigenvalue weighted by molar-refractivity contribution is -0.133. The molecule has 0 radical (unpaired) electrons. The van der Waals surface area contributed by atoms with E-state index < -0.39 is 0 Å². The molecule has 1 aromatic heterocycles. The minimum atomic E-state index is 0.220. The number of halogens is 1. The summed E-state index contributed by atoms with van der Waals surface area (Å²) in [5.74, 6) is 0.220.